The Bertz CT molecular complexity index is 2270. The molecule has 2 unspecified atom stereocenters. The van der Waals surface area contributed by atoms with E-state index in [1.807, 2.05) is 24.3 Å². The average Bonchev–Trinajstić information content (AvgIpc) is 3.60. The maximum absolute atomic E-state index is 12.5. The number of rotatable bonds is 14. The van der Waals surface area contributed by atoms with E-state index in [-0.39, 0.29) is 43.1 Å². The Labute approximate surface area is 393 Å². The molecule has 0 saturated carbocycles. The van der Waals surface area contributed by atoms with E-state index in [1.54, 1.807) is 30.3 Å². The van der Waals surface area contributed by atoms with Crippen LogP contribution in [0.3, 0.4) is 0 Å². The van der Waals surface area contributed by atoms with Crippen molar-refractivity contribution in [2.45, 2.75) is 101 Å². The molecule has 340 valence electrons. The number of piperidine rings is 2. The number of amides is 4. The standard InChI is InChI=1S/C23H27Cl2N5O2.C23H26Cl2N4O3/c24-15-3-1-14(2-4-15)12-30-18-6-7-19(30)11-17(10-18)28-22(31)13-32-21-8-5-16(25)9-20(21)29-23(26)27;24-15-3-1-14(2-4-15)12-29-18-6-7-19(29)11-17(10-18)27-22(30)13-32-21-8-5-16(25)9-20(21)28-23(26)31/h1-5,8-9,17-19H,6-7,10-13H2,(H,28,31)(H4,26,27,29);1-5,8-9,17-19H,6-7,10-13H2,(H,27,30)(H3,26,28,31)/t2*17?,18-,19+. The number of fused-ring (bicyclic) bond motifs is 4. The van der Waals surface area contributed by atoms with E-state index in [0.29, 0.717) is 57.1 Å². The van der Waals surface area contributed by atoms with Gasteiger partial charge in [0.05, 0.1) is 5.69 Å². The second kappa shape index (κ2) is 21.8. The normalized spacial score (nSPS) is 22.4. The molecule has 4 bridgehead atoms. The molecule has 0 radical (unpaired) electrons. The zero-order valence-corrected chi connectivity index (χ0v) is 38.2. The Morgan fingerprint density at radius 3 is 1.42 bits per heavy atom. The molecule has 64 heavy (non-hydrogen) atoms. The third kappa shape index (κ3) is 13.1. The van der Waals surface area contributed by atoms with Gasteiger partial charge in [0.15, 0.2) is 19.2 Å². The van der Waals surface area contributed by atoms with Gasteiger partial charge < -0.3 is 42.6 Å². The quantitative estimate of drug-likeness (QED) is 0.0540. The second-order valence-electron chi connectivity index (χ2n) is 16.7. The second-order valence-corrected chi connectivity index (χ2v) is 18.4. The lowest BCUT2D eigenvalue weighted by molar-refractivity contribution is -0.125. The summed E-state index contributed by atoms with van der Waals surface area (Å²) in [6, 6.07) is 27.1. The highest BCUT2D eigenvalue weighted by Gasteiger charge is 2.42. The summed E-state index contributed by atoms with van der Waals surface area (Å²) in [4.78, 5) is 45.4. The molecule has 8 rings (SSSR count). The Balaban J connectivity index is 0.000000191. The van der Waals surface area contributed by atoms with Crippen LogP contribution in [0, 0.1) is 0 Å². The van der Waals surface area contributed by atoms with Gasteiger partial charge in [0, 0.05) is 69.4 Å². The number of hydrogen-bond donors (Lipinski definition) is 6. The molecule has 4 aromatic rings. The number of primary amides is 1. The van der Waals surface area contributed by atoms with Gasteiger partial charge >= 0.3 is 6.03 Å². The number of carbonyl (C=O) groups excluding carboxylic acids is 3. The fraction of sp³-hybridized carbons (Fsp3) is 0.391. The molecule has 18 heteroatoms. The van der Waals surface area contributed by atoms with Crippen LogP contribution >= 0.6 is 46.4 Å². The topological polar surface area (TPSA) is 203 Å². The highest BCUT2D eigenvalue weighted by Crippen LogP contribution is 2.39. The number of nitrogens with one attached hydrogen (secondary N) is 3. The van der Waals surface area contributed by atoms with Crippen LogP contribution in [0.5, 0.6) is 11.5 Å². The van der Waals surface area contributed by atoms with Gasteiger partial charge in [0.2, 0.25) is 0 Å². The first-order chi connectivity index (χ1) is 30.7. The van der Waals surface area contributed by atoms with E-state index in [4.69, 9.17) is 73.1 Å². The van der Waals surface area contributed by atoms with Crippen molar-refractivity contribution >= 4 is 81.6 Å². The third-order valence-electron chi connectivity index (χ3n) is 12.1. The van der Waals surface area contributed by atoms with Gasteiger partial charge in [-0.25, -0.2) is 9.79 Å². The summed E-state index contributed by atoms with van der Waals surface area (Å²) >= 11 is 24.0. The predicted octanol–water partition coefficient (Wildman–Crippen LogP) is 7.76. The van der Waals surface area contributed by atoms with E-state index in [0.717, 1.165) is 74.5 Å². The van der Waals surface area contributed by atoms with Crippen molar-refractivity contribution in [3.63, 3.8) is 0 Å². The van der Waals surface area contributed by atoms with Crippen molar-refractivity contribution in [3.05, 3.63) is 116 Å². The summed E-state index contributed by atoms with van der Waals surface area (Å²) in [5.41, 5.74) is 19.3. The summed E-state index contributed by atoms with van der Waals surface area (Å²) in [7, 11) is 0. The SMILES string of the molecule is NC(=O)Nc1cc(Cl)ccc1OCC(=O)NC1C[C@H]2CC[C@@H](C1)N2Cc1ccc(Cl)cc1.NC(N)=Nc1cc(Cl)ccc1OCC(=O)NC1C[C@H]2CC[C@@H](C1)N2Cc1ccc(Cl)cc1. The minimum atomic E-state index is -0.734. The predicted molar refractivity (Wildman–Crippen MR) is 253 cm³/mol. The molecule has 0 aromatic heterocycles. The number of nitrogens with zero attached hydrogens (tertiary/aromatic N) is 3. The van der Waals surface area contributed by atoms with E-state index in [9.17, 15) is 14.4 Å². The first kappa shape index (κ1) is 47.0. The summed E-state index contributed by atoms with van der Waals surface area (Å²) in [6.07, 6.45) is 8.34. The first-order valence-corrected chi connectivity index (χ1v) is 22.9. The van der Waals surface area contributed by atoms with Crippen LogP contribution in [-0.4, -0.2) is 83.1 Å². The van der Waals surface area contributed by atoms with Crippen LogP contribution in [0.2, 0.25) is 20.1 Å². The molecule has 4 saturated heterocycles. The maximum atomic E-state index is 12.5. The molecule has 9 N–H and O–H groups in total. The van der Waals surface area contributed by atoms with Crippen LogP contribution in [0.1, 0.15) is 62.5 Å². The Hall–Kier alpha value is -4.96. The molecule has 14 nitrogen and oxygen atoms in total. The van der Waals surface area contributed by atoms with Gasteiger partial charge in [-0.3, -0.25) is 19.4 Å². The fourth-order valence-electron chi connectivity index (χ4n) is 9.42. The van der Waals surface area contributed by atoms with Crippen LogP contribution in [-0.2, 0) is 22.7 Å². The minimum Gasteiger partial charge on any atom is -0.482 e. The van der Waals surface area contributed by atoms with Crippen LogP contribution in [0.25, 0.3) is 0 Å². The lowest BCUT2D eigenvalue weighted by Crippen LogP contribution is -2.50. The number of benzene rings is 4. The summed E-state index contributed by atoms with van der Waals surface area (Å²) in [5, 5.41) is 11.1. The summed E-state index contributed by atoms with van der Waals surface area (Å²) < 4.78 is 11.3. The van der Waals surface area contributed by atoms with Gasteiger partial charge in [0.25, 0.3) is 11.8 Å². The van der Waals surface area contributed by atoms with E-state index in [1.165, 1.54) is 17.2 Å². The van der Waals surface area contributed by atoms with Crippen molar-refractivity contribution in [3.8, 4) is 11.5 Å². The van der Waals surface area contributed by atoms with Crippen molar-refractivity contribution in [1.29, 1.82) is 0 Å². The summed E-state index contributed by atoms with van der Waals surface area (Å²) in [6.45, 7) is 1.55. The molecule has 0 spiro atoms. The van der Waals surface area contributed by atoms with Crippen molar-refractivity contribution < 1.29 is 23.9 Å². The van der Waals surface area contributed by atoms with Gasteiger partial charge in [-0.15, -0.1) is 0 Å². The van der Waals surface area contributed by atoms with Gasteiger partial charge in [-0.2, -0.15) is 0 Å². The monoisotopic (exact) mass is 951 g/mol. The Kier molecular flexibility index (Phi) is 16.0. The number of carbonyl (C=O) groups is 3. The molecule has 4 aliphatic heterocycles. The van der Waals surface area contributed by atoms with Gasteiger partial charge in [-0.05, 0) is 123 Å². The number of urea groups is 1. The third-order valence-corrected chi connectivity index (χ3v) is 13.1. The average molecular weight is 954 g/mol. The number of guanidine groups is 1. The zero-order valence-electron chi connectivity index (χ0n) is 35.2. The number of ether oxygens (including phenoxy) is 2. The number of nitrogens with two attached hydrogens (primary N) is 3. The highest BCUT2D eigenvalue weighted by atomic mass is 35.5. The molecule has 4 amide bonds. The van der Waals surface area contributed by atoms with E-state index < -0.39 is 6.03 Å². The molecular weight excluding hydrogens is 900 g/mol. The Morgan fingerprint density at radius 1 is 0.578 bits per heavy atom. The van der Waals surface area contributed by atoms with Crippen molar-refractivity contribution in [2.24, 2.45) is 22.2 Å². The molecule has 4 aliphatic rings. The molecule has 0 aliphatic carbocycles. The number of aliphatic imine (C=N–C) groups is 1. The minimum absolute atomic E-state index is 0.109. The lowest BCUT2D eigenvalue weighted by Gasteiger charge is -2.39. The van der Waals surface area contributed by atoms with Crippen molar-refractivity contribution in [2.75, 3.05) is 18.5 Å². The molecule has 4 heterocycles. The van der Waals surface area contributed by atoms with Crippen molar-refractivity contribution in [1.82, 2.24) is 20.4 Å². The van der Waals surface area contributed by atoms with Crippen LogP contribution < -0.4 is 42.6 Å². The molecule has 4 aromatic carbocycles. The number of hydrogen-bond acceptors (Lipinski definition) is 8. The zero-order chi connectivity index (χ0) is 45.3. The maximum Gasteiger partial charge on any atom is 0.316 e. The number of halogens is 4. The largest absolute Gasteiger partial charge is 0.482 e. The lowest BCUT2D eigenvalue weighted by atomic mass is 9.96. The van der Waals surface area contributed by atoms with Gasteiger partial charge in [-0.1, -0.05) is 70.7 Å². The fourth-order valence-corrected chi connectivity index (χ4v) is 10.0. The molecule has 4 fully saturated rings. The van der Waals surface area contributed by atoms with Gasteiger partial charge in [0.1, 0.15) is 17.2 Å². The Morgan fingerprint density at radius 2 is 0.984 bits per heavy atom. The summed E-state index contributed by atoms with van der Waals surface area (Å²) in [5.74, 6) is 0.270. The molecular formula is C46H53Cl4N9O5. The van der Waals surface area contributed by atoms with E-state index in [2.05, 4.69) is 55.0 Å². The van der Waals surface area contributed by atoms with E-state index >= 15 is 0 Å². The first-order valence-electron chi connectivity index (χ1n) is 21.3. The number of anilines is 1. The smallest absolute Gasteiger partial charge is 0.316 e. The highest BCUT2D eigenvalue weighted by molar-refractivity contribution is 6.31. The molecule has 6 atom stereocenters. The van der Waals surface area contributed by atoms with Crippen LogP contribution in [0.4, 0.5) is 16.2 Å². The van der Waals surface area contributed by atoms with Crippen LogP contribution in [0.15, 0.2) is 89.9 Å².